The van der Waals surface area contributed by atoms with Gasteiger partial charge in [-0.1, -0.05) is 53.9 Å². The third-order valence-electron chi connectivity index (χ3n) is 5.43. The topological polar surface area (TPSA) is 71.1 Å². The van der Waals surface area contributed by atoms with Crippen LogP contribution in [0.4, 0.5) is 13.2 Å². The summed E-state index contributed by atoms with van der Waals surface area (Å²) in [5.41, 5.74) is -6.18. The number of alkyl halides is 3. The van der Waals surface area contributed by atoms with Crippen LogP contribution >= 0.6 is 0 Å². The van der Waals surface area contributed by atoms with Crippen LogP contribution in [0.2, 0.25) is 0 Å². The van der Waals surface area contributed by atoms with Gasteiger partial charge in [-0.2, -0.15) is 21.6 Å². The number of hydrogen-bond donors (Lipinski definition) is 0. The van der Waals surface area contributed by atoms with Crippen molar-refractivity contribution < 1.29 is 40.0 Å². The normalized spacial score (nSPS) is 26.8. The first-order valence-electron chi connectivity index (χ1n) is 11.3. The van der Waals surface area contributed by atoms with E-state index in [4.69, 9.17) is 18.4 Å². The highest BCUT2D eigenvalue weighted by molar-refractivity contribution is 7.87. The molecule has 186 valence electrons. The molecule has 10 heteroatoms. The lowest BCUT2D eigenvalue weighted by Crippen LogP contribution is -2.61. The molecule has 31 heavy (non-hydrogen) atoms. The first kappa shape index (κ1) is 28.6. The molecular formula is C21H39F3O6S. The maximum Gasteiger partial charge on any atom is 0.523 e. The standard InChI is InChI=1S/C21H39F3O6S/c1-6-9-12-27-17-16(30-31(25,26)21(22,23)24)15-20(4,5)19(29-14-11-8-3)18(17)28-13-10-7-2/h16-19H,6-15H2,1-5H3/t16-,17-,18-,19+/m0/s1. The first-order valence-corrected chi connectivity index (χ1v) is 12.7. The predicted octanol–water partition coefficient (Wildman–Crippen LogP) is 5.21. The molecule has 0 spiro atoms. The Balaban J connectivity index is 3.25. The zero-order chi connectivity index (χ0) is 23.7. The fourth-order valence-corrected chi connectivity index (χ4v) is 4.28. The average molecular weight is 477 g/mol. The lowest BCUT2D eigenvalue weighted by molar-refractivity contribution is -0.224. The van der Waals surface area contributed by atoms with Crippen molar-refractivity contribution in [3.63, 3.8) is 0 Å². The summed E-state index contributed by atoms with van der Waals surface area (Å²) in [6, 6.07) is 0. The average Bonchev–Trinajstić information content (AvgIpc) is 2.64. The predicted molar refractivity (Wildman–Crippen MR) is 112 cm³/mol. The van der Waals surface area contributed by atoms with E-state index in [-0.39, 0.29) is 13.0 Å². The van der Waals surface area contributed by atoms with Gasteiger partial charge in [0, 0.05) is 19.8 Å². The summed E-state index contributed by atoms with van der Waals surface area (Å²) in [5.74, 6) is 0. The van der Waals surface area contributed by atoms with Crippen LogP contribution in [0.15, 0.2) is 0 Å². The van der Waals surface area contributed by atoms with E-state index in [1.807, 2.05) is 34.6 Å². The fraction of sp³-hybridized carbons (Fsp3) is 1.00. The molecule has 1 rings (SSSR count). The Kier molecular flexibility index (Phi) is 11.7. The van der Waals surface area contributed by atoms with Gasteiger partial charge >= 0.3 is 15.6 Å². The number of ether oxygens (including phenoxy) is 3. The molecule has 0 aromatic carbocycles. The van der Waals surface area contributed by atoms with Crippen molar-refractivity contribution in [3.05, 3.63) is 0 Å². The van der Waals surface area contributed by atoms with Gasteiger partial charge in [-0.3, -0.25) is 4.18 Å². The zero-order valence-corrected chi connectivity index (χ0v) is 20.2. The van der Waals surface area contributed by atoms with Crippen LogP contribution in [0.25, 0.3) is 0 Å². The van der Waals surface area contributed by atoms with Gasteiger partial charge in [0.1, 0.15) is 18.3 Å². The summed E-state index contributed by atoms with van der Waals surface area (Å²) in [7, 11) is -5.77. The quantitative estimate of drug-likeness (QED) is 0.195. The Hall–Kier alpha value is -0.420. The van der Waals surface area contributed by atoms with E-state index in [9.17, 15) is 21.6 Å². The van der Waals surface area contributed by atoms with Gasteiger partial charge in [0.05, 0.1) is 6.10 Å². The zero-order valence-electron chi connectivity index (χ0n) is 19.4. The van der Waals surface area contributed by atoms with Gasteiger partial charge in [0.2, 0.25) is 0 Å². The Morgan fingerprint density at radius 3 is 1.74 bits per heavy atom. The smallest absolute Gasteiger partial charge is 0.375 e. The van der Waals surface area contributed by atoms with E-state index < -0.39 is 45.5 Å². The van der Waals surface area contributed by atoms with E-state index >= 15 is 0 Å². The highest BCUT2D eigenvalue weighted by atomic mass is 32.2. The van der Waals surface area contributed by atoms with Crippen LogP contribution in [0, 0.1) is 5.41 Å². The SMILES string of the molecule is CCCCO[C@@H]1[C@H](OCCCC)[C@@H](OCCCC)C(C)(C)C[C@@H]1OS(=O)(=O)C(F)(F)F. The molecule has 0 unspecified atom stereocenters. The van der Waals surface area contributed by atoms with E-state index in [0.29, 0.717) is 19.6 Å². The van der Waals surface area contributed by atoms with Gasteiger partial charge in [-0.15, -0.1) is 0 Å². The van der Waals surface area contributed by atoms with E-state index in [1.54, 1.807) is 0 Å². The van der Waals surface area contributed by atoms with Crippen LogP contribution in [-0.4, -0.2) is 58.2 Å². The Morgan fingerprint density at radius 1 is 0.839 bits per heavy atom. The second-order valence-corrected chi connectivity index (χ2v) is 10.3. The van der Waals surface area contributed by atoms with E-state index in [1.165, 1.54) is 0 Å². The van der Waals surface area contributed by atoms with Crippen LogP contribution in [0.3, 0.4) is 0 Å². The fourth-order valence-electron chi connectivity index (χ4n) is 3.67. The first-order chi connectivity index (χ1) is 14.4. The highest BCUT2D eigenvalue weighted by Gasteiger charge is 2.56. The summed E-state index contributed by atoms with van der Waals surface area (Å²) in [6.45, 7) is 10.8. The highest BCUT2D eigenvalue weighted by Crippen LogP contribution is 2.43. The Morgan fingerprint density at radius 2 is 1.29 bits per heavy atom. The largest absolute Gasteiger partial charge is 0.523 e. The van der Waals surface area contributed by atoms with Crippen molar-refractivity contribution in [3.8, 4) is 0 Å². The number of halogens is 3. The Labute approximate surface area is 185 Å². The van der Waals surface area contributed by atoms with Gasteiger partial charge < -0.3 is 14.2 Å². The summed E-state index contributed by atoms with van der Waals surface area (Å²) in [5, 5.41) is 0. The molecule has 0 saturated heterocycles. The summed E-state index contributed by atoms with van der Waals surface area (Å²) in [4.78, 5) is 0. The molecule has 0 heterocycles. The van der Waals surface area contributed by atoms with Crippen LogP contribution in [0.5, 0.6) is 0 Å². The molecule has 0 amide bonds. The van der Waals surface area contributed by atoms with Crippen molar-refractivity contribution in [2.45, 2.75) is 109 Å². The van der Waals surface area contributed by atoms with Gasteiger partial charge in [-0.05, 0) is 31.1 Å². The van der Waals surface area contributed by atoms with Gasteiger partial charge in [0.25, 0.3) is 0 Å². The molecule has 1 fully saturated rings. The van der Waals surface area contributed by atoms with Crippen LogP contribution in [0.1, 0.15) is 79.6 Å². The minimum absolute atomic E-state index is 0.0313. The van der Waals surface area contributed by atoms with Crippen molar-refractivity contribution in [1.29, 1.82) is 0 Å². The van der Waals surface area contributed by atoms with E-state index in [0.717, 1.165) is 32.1 Å². The molecular weight excluding hydrogens is 437 g/mol. The van der Waals surface area contributed by atoms with Crippen LogP contribution < -0.4 is 0 Å². The molecule has 0 aromatic rings. The second-order valence-electron chi connectivity index (χ2n) is 8.75. The molecule has 1 aliphatic carbocycles. The number of unbranched alkanes of at least 4 members (excludes halogenated alkanes) is 3. The van der Waals surface area contributed by atoms with Gasteiger partial charge in [0.15, 0.2) is 0 Å². The van der Waals surface area contributed by atoms with Crippen molar-refractivity contribution in [2.24, 2.45) is 5.41 Å². The van der Waals surface area contributed by atoms with Crippen molar-refractivity contribution in [2.75, 3.05) is 19.8 Å². The molecule has 4 atom stereocenters. The molecule has 0 aliphatic heterocycles. The molecule has 1 saturated carbocycles. The van der Waals surface area contributed by atoms with Crippen molar-refractivity contribution >= 4 is 10.1 Å². The molecule has 0 radical (unpaired) electrons. The third kappa shape index (κ3) is 8.46. The maximum atomic E-state index is 13.0. The number of rotatable bonds is 14. The minimum atomic E-state index is -5.77. The lowest BCUT2D eigenvalue weighted by atomic mass is 9.70. The van der Waals surface area contributed by atoms with Gasteiger partial charge in [-0.25, -0.2) is 0 Å². The van der Waals surface area contributed by atoms with E-state index in [2.05, 4.69) is 0 Å². The molecule has 6 nitrogen and oxygen atoms in total. The van der Waals surface area contributed by atoms with Crippen molar-refractivity contribution in [1.82, 2.24) is 0 Å². The molecule has 0 aromatic heterocycles. The maximum absolute atomic E-state index is 13.0. The Bertz CT molecular complexity index is 609. The summed E-state index contributed by atoms with van der Waals surface area (Å²) >= 11 is 0. The molecule has 0 bridgehead atoms. The monoisotopic (exact) mass is 476 g/mol. The minimum Gasteiger partial charge on any atom is -0.375 e. The molecule has 0 N–H and O–H groups in total. The number of hydrogen-bond acceptors (Lipinski definition) is 6. The van der Waals surface area contributed by atoms with Crippen LogP contribution in [-0.2, 0) is 28.5 Å². The lowest BCUT2D eigenvalue weighted by Gasteiger charge is -2.50. The summed E-state index contributed by atoms with van der Waals surface area (Å²) in [6.07, 6.45) is 1.42. The molecule has 1 aliphatic rings. The second kappa shape index (κ2) is 12.7. The third-order valence-corrected chi connectivity index (χ3v) is 6.50. The summed E-state index contributed by atoms with van der Waals surface area (Å²) < 4.78 is 85.5.